The monoisotopic (exact) mass is 519 g/mol. The Kier molecular flexibility index (Phi) is 7.94. The third-order valence-corrected chi connectivity index (χ3v) is 4.78. The molecule has 158 valence electrons. The molecule has 0 atom stereocenters. The van der Waals surface area contributed by atoms with Crippen LogP contribution in [0.5, 0.6) is 0 Å². The van der Waals surface area contributed by atoms with E-state index in [9.17, 15) is 0 Å². The number of hydrogen-bond donors (Lipinski definition) is 2. The van der Waals surface area contributed by atoms with E-state index in [1.165, 1.54) is 6.33 Å². The Bertz CT molecular complexity index is 922. The number of piperazine rings is 1. The van der Waals surface area contributed by atoms with Crippen LogP contribution in [0.3, 0.4) is 0 Å². The Hall–Kier alpha value is -2.76. The minimum Gasteiger partial charge on any atom is -0.357 e. The second kappa shape index (κ2) is 10.9. The molecule has 4 rings (SSSR count). The average molecular weight is 519 g/mol. The topological polar surface area (TPSA) is 98.2 Å². The van der Waals surface area contributed by atoms with E-state index in [-0.39, 0.29) is 24.0 Å². The fourth-order valence-electron chi connectivity index (χ4n) is 3.33. The predicted molar refractivity (Wildman–Crippen MR) is 128 cm³/mol. The van der Waals surface area contributed by atoms with Gasteiger partial charge in [-0.1, -0.05) is 18.2 Å². The number of anilines is 1. The van der Waals surface area contributed by atoms with Crippen LogP contribution in [-0.4, -0.2) is 68.7 Å². The number of rotatable bonds is 5. The van der Waals surface area contributed by atoms with Gasteiger partial charge in [0, 0.05) is 50.7 Å². The SMILES string of the molecule is CCNC(=NCc1cccc(-c2ncn[nH]2)c1)N1CCN(c2ncccn2)CC1.I. The highest BCUT2D eigenvalue weighted by Crippen LogP contribution is 2.16. The van der Waals surface area contributed by atoms with E-state index in [0.29, 0.717) is 6.54 Å². The molecule has 10 heteroatoms. The van der Waals surface area contributed by atoms with Crippen LogP contribution in [0, 0.1) is 0 Å². The van der Waals surface area contributed by atoms with E-state index in [1.54, 1.807) is 12.4 Å². The molecule has 1 aliphatic rings. The summed E-state index contributed by atoms with van der Waals surface area (Å²) >= 11 is 0. The molecule has 1 aromatic carbocycles. The predicted octanol–water partition coefficient (Wildman–Crippen LogP) is 2.17. The summed E-state index contributed by atoms with van der Waals surface area (Å²) in [4.78, 5) is 22.3. The molecular weight excluding hydrogens is 493 g/mol. The zero-order valence-corrected chi connectivity index (χ0v) is 19.2. The van der Waals surface area contributed by atoms with Crippen LogP contribution in [0.1, 0.15) is 12.5 Å². The molecule has 3 heterocycles. The van der Waals surface area contributed by atoms with Gasteiger partial charge in [-0.2, -0.15) is 5.10 Å². The van der Waals surface area contributed by atoms with Crippen molar-refractivity contribution < 1.29 is 0 Å². The molecule has 1 fully saturated rings. The molecule has 2 aromatic heterocycles. The number of nitrogens with zero attached hydrogens (tertiary/aromatic N) is 7. The van der Waals surface area contributed by atoms with Gasteiger partial charge in [-0.15, -0.1) is 24.0 Å². The number of aliphatic imine (C=N–C) groups is 1. The van der Waals surface area contributed by atoms with Gasteiger partial charge in [-0.3, -0.25) is 5.10 Å². The van der Waals surface area contributed by atoms with Crippen molar-refractivity contribution >= 4 is 35.9 Å². The fourth-order valence-corrected chi connectivity index (χ4v) is 3.33. The number of aromatic amines is 1. The van der Waals surface area contributed by atoms with Gasteiger partial charge in [-0.25, -0.2) is 19.9 Å². The Morgan fingerprint density at radius 3 is 2.60 bits per heavy atom. The van der Waals surface area contributed by atoms with Gasteiger partial charge in [0.2, 0.25) is 5.95 Å². The largest absolute Gasteiger partial charge is 0.357 e. The third kappa shape index (κ3) is 5.43. The first kappa shape index (κ1) is 21.9. The van der Waals surface area contributed by atoms with Crippen LogP contribution in [0.2, 0.25) is 0 Å². The number of nitrogens with one attached hydrogen (secondary N) is 2. The summed E-state index contributed by atoms with van der Waals surface area (Å²) in [5.74, 6) is 2.49. The number of hydrogen-bond acceptors (Lipinski definition) is 6. The van der Waals surface area contributed by atoms with Crippen LogP contribution >= 0.6 is 24.0 Å². The van der Waals surface area contributed by atoms with Crippen molar-refractivity contribution in [1.29, 1.82) is 0 Å². The fraction of sp³-hybridized carbons (Fsp3) is 0.350. The molecule has 3 aromatic rings. The summed E-state index contributed by atoms with van der Waals surface area (Å²) in [5.41, 5.74) is 2.14. The van der Waals surface area contributed by atoms with Gasteiger partial charge in [0.25, 0.3) is 0 Å². The van der Waals surface area contributed by atoms with Crippen molar-refractivity contribution in [3.63, 3.8) is 0 Å². The maximum Gasteiger partial charge on any atom is 0.225 e. The standard InChI is InChI=1S/C20H25N9.HI/c1-2-21-19(28-9-11-29(12-10-28)20-22-7-4-8-23-20)24-14-16-5-3-6-17(13-16)18-25-15-26-27-18;/h3-8,13,15H,2,9-12,14H2,1H3,(H,21,24)(H,25,26,27);1H. The van der Waals surface area contributed by atoms with Gasteiger partial charge in [-0.05, 0) is 24.6 Å². The molecule has 0 saturated carbocycles. The van der Waals surface area contributed by atoms with Crippen molar-refractivity contribution in [2.75, 3.05) is 37.6 Å². The van der Waals surface area contributed by atoms with Crippen molar-refractivity contribution in [3.05, 3.63) is 54.6 Å². The molecule has 1 saturated heterocycles. The smallest absolute Gasteiger partial charge is 0.225 e. The molecule has 0 radical (unpaired) electrons. The van der Waals surface area contributed by atoms with E-state index in [4.69, 9.17) is 4.99 Å². The van der Waals surface area contributed by atoms with Gasteiger partial charge in [0.15, 0.2) is 11.8 Å². The van der Waals surface area contributed by atoms with Crippen LogP contribution in [0.25, 0.3) is 11.4 Å². The maximum absolute atomic E-state index is 4.86. The van der Waals surface area contributed by atoms with Crippen LogP contribution in [0.15, 0.2) is 54.0 Å². The lowest BCUT2D eigenvalue weighted by atomic mass is 10.1. The molecule has 30 heavy (non-hydrogen) atoms. The molecule has 0 bridgehead atoms. The summed E-state index contributed by atoms with van der Waals surface area (Å²) in [5, 5.41) is 10.2. The molecule has 1 aliphatic heterocycles. The van der Waals surface area contributed by atoms with E-state index >= 15 is 0 Å². The molecule has 0 unspecified atom stereocenters. The first-order chi connectivity index (χ1) is 14.3. The highest BCUT2D eigenvalue weighted by atomic mass is 127. The van der Waals surface area contributed by atoms with Crippen LogP contribution in [-0.2, 0) is 6.54 Å². The quantitative estimate of drug-likeness (QED) is 0.303. The first-order valence-electron chi connectivity index (χ1n) is 9.83. The average Bonchev–Trinajstić information content (AvgIpc) is 3.33. The van der Waals surface area contributed by atoms with Gasteiger partial charge >= 0.3 is 0 Å². The zero-order chi connectivity index (χ0) is 19.9. The zero-order valence-electron chi connectivity index (χ0n) is 16.9. The van der Waals surface area contributed by atoms with E-state index < -0.39 is 0 Å². The molecular formula is C20H26IN9. The van der Waals surface area contributed by atoms with Gasteiger partial charge in [0.1, 0.15) is 6.33 Å². The molecule has 9 nitrogen and oxygen atoms in total. The Balaban J connectivity index is 0.00000256. The summed E-state index contributed by atoms with van der Waals surface area (Å²) in [7, 11) is 0. The van der Waals surface area contributed by atoms with Crippen molar-refractivity contribution in [1.82, 2.24) is 35.4 Å². The summed E-state index contributed by atoms with van der Waals surface area (Å²) in [6.07, 6.45) is 5.09. The van der Waals surface area contributed by atoms with Crippen molar-refractivity contribution in [3.8, 4) is 11.4 Å². The minimum atomic E-state index is 0. The second-order valence-electron chi connectivity index (χ2n) is 6.73. The van der Waals surface area contributed by atoms with E-state index in [2.05, 4.69) is 59.3 Å². The molecule has 0 amide bonds. The lowest BCUT2D eigenvalue weighted by Gasteiger charge is -2.36. The van der Waals surface area contributed by atoms with Gasteiger partial charge < -0.3 is 15.1 Å². The van der Waals surface area contributed by atoms with Crippen molar-refractivity contribution in [2.45, 2.75) is 13.5 Å². The van der Waals surface area contributed by atoms with E-state index in [0.717, 1.165) is 61.6 Å². The Morgan fingerprint density at radius 1 is 1.10 bits per heavy atom. The molecule has 0 spiro atoms. The number of H-pyrrole nitrogens is 1. The Labute approximate surface area is 193 Å². The normalized spacial score (nSPS) is 14.4. The second-order valence-corrected chi connectivity index (χ2v) is 6.73. The third-order valence-electron chi connectivity index (χ3n) is 4.78. The van der Waals surface area contributed by atoms with Gasteiger partial charge in [0.05, 0.1) is 6.54 Å². The number of aromatic nitrogens is 5. The number of guanidine groups is 1. The number of halogens is 1. The maximum atomic E-state index is 4.86. The molecule has 0 aliphatic carbocycles. The lowest BCUT2D eigenvalue weighted by Crippen LogP contribution is -2.52. The number of benzene rings is 1. The summed E-state index contributed by atoms with van der Waals surface area (Å²) < 4.78 is 0. The van der Waals surface area contributed by atoms with Crippen LogP contribution < -0.4 is 10.2 Å². The van der Waals surface area contributed by atoms with Crippen LogP contribution in [0.4, 0.5) is 5.95 Å². The molecule has 2 N–H and O–H groups in total. The highest BCUT2D eigenvalue weighted by molar-refractivity contribution is 14.0. The summed E-state index contributed by atoms with van der Waals surface area (Å²) in [6.45, 7) is 7.02. The minimum absolute atomic E-state index is 0. The van der Waals surface area contributed by atoms with Crippen molar-refractivity contribution in [2.24, 2.45) is 4.99 Å². The highest BCUT2D eigenvalue weighted by Gasteiger charge is 2.21. The Morgan fingerprint density at radius 2 is 1.90 bits per heavy atom. The first-order valence-corrected chi connectivity index (χ1v) is 9.83. The lowest BCUT2D eigenvalue weighted by molar-refractivity contribution is 0.370. The van der Waals surface area contributed by atoms with E-state index in [1.807, 2.05) is 18.2 Å². The summed E-state index contributed by atoms with van der Waals surface area (Å²) in [6, 6.07) is 10.1.